The number of nitrogens with zero attached hydrogens (tertiary/aromatic N) is 1. The van der Waals surface area contributed by atoms with Crippen molar-refractivity contribution < 1.29 is 17.6 Å². The fraction of sp³-hybridized carbons (Fsp3) is 0.333. The summed E-state index contributed by atoms with van der Waals surface area (Å²) >= 11 is 5.14. The number of hydrogen-bond acceptors (Lipinski definition) is 5. The Morgan fingerprint density at radius 3 is 2.43 bits per heavy atom. The van der Waals surface area contributed by atoms with Gasteiger partial charge in [-0.3, -0.25) is 10.1 Å². The summed E-state index contributed by atoms with van der Waals surface area (Å²) < 4.78 is 32.4. The van der Waals surface area contributed by atoms with Crippen LogP contribution in [0.2, 0.25) is 0 Å². The van der Waals surface area contributed by atoms with Crippen LogP contribution in [0.3, 0.4) is 0 Å². The van der Waals surface area contributed by atoms with Crippen LogP contribution in [0.5, 0.6) is 0 Å². The van der Waals surface area contributed by atoms with Crippen LogP contribution in [-0.4, -0.2) is 36.8 Å². The summed E-state index contributed by atoms with van der Waals surface area (Å²) in [6.07, 6.45) is 4.62. The number of rotatable bonds is 5. The lowest BCUT2D eigenvalue weighted by atomic mass is 10.0. The number of nitrogens with one attached hydrogen (secondary N) is 2. The van der Waals surface area contributed by atoms with Crippen molar-refractivity contribution in [2.24, 2.45) is 5.92 Å². The SMILES string of the molecule is Cc1ccc(C=CC(=O)NC(=S)Nc2ccc(S(=O)(=O)N3CCC(C)CC3)cc2)o1. The third-order valence-electron chi connectivity index (χ3n) is 4.89. The minimum atomic E-state index is -3.50. The Bertz CT molecular complexity index is 1030. The van der Waals surface area contributed by atoms with Gasteiger partial charge in [-0.1, -0.05) is 6.92 Å². The number of thiocarbonyl (C=S) groups is 1. The molecule has 0 bridgehead atoms. The Balaban J connectivity index is 1.55. The number of amides is 1. The summed E-state index contributed by atoms with van der Waals surface area (Å²) in [7, 11) is -3.50. The Morgan fingerprint density at radius 2 is 1.83 bits per heavy atom. The molecule has 0 atom stereocenters. The molecule has 0 radical (unpaired) electrons. The highest BCUT2D eigenvalue weighted by Crippen LogP contribution is 2.24. The number of furan rings is 1. The van der Waals surface area contributed by atoms with E-state index in [-0.39, 0.29) is 10.0 Å². The second-order valence-corrected chi connectivity index (χ2v) is 9.68. The average molecular weight is 448 g/mol. The molecule has 1 aromatic carbocycles. The molecule has 30 heavy (non-hydrogen) atoms. The maximum absolute atomic E-state index is 12.8. The van der Waals surface area contributed by atoms with Crippen LogP contribution in [0.4, 0.5) is 5.69 Å². The molecule has 2 aromatic rings. The Hall–Kier alpha value is -2.49. The third-order valence-corrected chi connectivity index (χ3v) is 7.01. The van der Waals surface area contributed by atoms with Crippen molar-refractivity contribution in [1.29, 1.82) is 0 Å². The van der Waals surface area contributed by atoms with E-state index >= 15 is 0 Å². The fourth-order valence-electron chi connectivity index (χ4n) is 3.10. The van der Waals surface area contributed by atoms with Gasteiger partial charge >= 0.3 is 0 Å². The van der Waals surface area contributed by atoms with Crippen LogP contribution in [0, 0.1) is 12.8 Å². The van der Waals surface area contributed by atoms with Crippen molar-refractivity contribution in [3.8, 4) is 0 Å². The molecule has 7 nitrogen and oxygen atoms in total. The molecule has 0 unspecified atom stereocenters. The van der Waals surface area contributed by atoms with E-state index in [1.165, 1.54) is 10.4 Å². The lowest BCUT2D eigenvalue weighted by molar-refractivity contribution is -0.115. The monoisotopic (exact) mass is 447 g/mol. The molecule has 2 N–H and O–H groups in total. The van der Waals surface area contributed by atoms with Gasteiger partial charge in [0.1, 0.15) is 11.5 Å². The molecule has 9 heteroatoms. The zero-order chi connectivity index (χ0) is 21.7. The summed E-state index contributed by atoms with van der Waals surface area (Å²) in [5.74, 6) is 1.48. The molecule has 0 spiro atoms. The summed E-state index contributed by atoms with van der Waals surface area (Å²) in [5.41, 5.74) is 0.581. The van der Waals surface area contributed by atoms with Crippen LogP contribution < -0.4 is 10.6 Å². The van der Waals surface area contributed by atoms with E-state index in [0.717, 1.165) is 18.6 Å². The van der Waals surface area contributed by atoms with Crippen LogP contribution in [0.15, 0.2) is 51.8 Å². The van der Waals surface area contributed by atoms with Crippen molar-refractivity contribution in [2.45, 2.75) is 31.6 Å². The lowest BCUT2D eigenvalue weighted by Gasteiger charge is -2.29. The van der Waals surface area contributed by atoms with Gasteiger partial charge in [-0.05, 0) is 80.4 Å². The maximum Gasteiger partial charge on any atom is 0.250 e. The van der Waals surface area contributed by atoms with Crippen molar-refractivity contribution in [3.05, 3.63) is 54.0 Å². The number of benzene rings is 1. The van der Waals surface area contributed by atoms with E-state index in [4.69, 9.17) is 16.6 Å². The van der Waals surface area contributed by atoms with Crippen LogP contribution in [0.25, 0.3) is 6.08 Å². The molecule has 1 aliphatic rings. The number of aryl methyl sites for hydroxylation is 1. The van der Waals surface area contributed by atoms with Gasteiger partial charge in [-0.2, -0.15) is 4.31 Å². The molecule has 2 heterocycles. The molecular weight excluding hydrogens is 422 g/mol. The number of anilines is 1. The van der Waals surface area contributed by atoms with Gasteiger partial charge in [0.2, 0.25) is 15.9 Å². The summed E-state index contributed by atoms with van der Waals surface area (Å²) in [6, 6.07) is 9.90. The Morgan fingerprint density at radius 1 is 1.17 bits per heavy atom. The smallest absolute Gasteiger partial charge is 0.250 e. The maximum atomic E-state index is 12.8. The van der Waals surface area contributed by atoms with Crippen molar-refractivity contribution >= 4 is 45.0 Å². The number of carbonyl (C=O) groups is 1. The first-order valence-corrected chi connectivity index (χ1v) is 11.6. The molecule has 160 valence electrons. The first kappa shape index (κ1) is 22.2. The van der Waals surface area contributed by atoms with Gasteiger partial charge in [0.15, 0.2) is 5.11 Å². The first-order valence-electron chi connectivity index (χ1n) is 9.71. The topological polar surface area (TPSA) is 91.7 Å². The zero-order valence-corrected chi connectivity index (χ0v) is 18.6. The third kappa shape index (κ3) is 5.78. The highest BCUT2D eigenvalue weighted by Gasteiger charge is 2.27. The summed E-state index contributed by atoms with van der Waals surface area (Å²) in [4.78, 5) is 12.2. The number of sulfonamides is 1. The standard InChI is InChI=1S/C21H25N3O4S2/c1-15-11-13-24(14-12-15)30(26,27)19-8-4-17(5-9-19)22-21(29)23-20(25)10-7-18-6-3-16(2)28-18/h3-10,15H,11-14H2,1-2H3,(H2,22,23,25,29). The minimum absolute atomic E-state index is 0.112. The van der Waals surface area contributed by atoms with Gasteiger partial charge in [-0.15, -0.1) is 0 Å². The molecule has 1 aromatic heterocycles. The molecule has 1 aliphatic heterocycles. The number of hydrogen-bond donors (Lipinski definition) is 2. The van der Waals surface area contributed by atoms with Crippen molar-refractivity contribution in [1.82, 2.24) is 9.62 Å². The van der Waals surface area contributed by atoms with E-state index in [9.17, 15) is 13.2 Å². The van der Waals surface area contributed by atoms with E-state index in [2.05, 4.69) is 17.6 Å². The second kappa shape index (κ2) is 9.55. The van der Waals surface area contributed by atoms with Crippen LogP contribution in [0.1, 0.15) is 31.3 Å². The molecule has 1 fully saturated rings. The molecule has 0 aliphatic carbocycles. The average Bonchev–Trinajstić information content (AvgIpc) is 3.12. The molecule has 3 rings (SSSR count). The van der Waals surface area contributed by atoms with Crippen LogP contribution in [-0.2, 0) is 14.8 Å². The van der Waals surface area contributed by atoms with Gasteiger partial charge in [0.05, 0.1) is 4.90 Å². The molecule has 1 amide bonds. The largest absolute Gasteiger partial charge is 0.462 e. The molecule has 1 saturated heterocycles. The van der Waals surface area contributed by atoms with E-state index in [1.807, 2.05) is 6.92 Å². The Labute approximate surface area is 182 Å². The van der Waals surface area contributed by atoms with Gasteiger partial charge < -0.3 is 9.73 Å². The zero-order valence-electron chi connectivity index (χ0n) is 16.9. The summed E-state index contributed by atoms with van der Waals surface area (Å²) in [5, 5.41) is 5.52. The van der Waals surface area contributed by atoms with Crippen molar-refractivity contribution in [3.63, 3.8) is 0 Å². The van der Waals surface area contributed by atoms with Crippen molar-refractivity contribution in [2.75, 3.05) is 18.4 Å². The fourth-order valence-corrected chi connectivity index (χ4v) is 4.79. The normalized spacial score (nSPS) is 15.9. The van der Waals surface area contributed by atoms with Gasteiger partial charge in [0.25, 0.3) is 0 Å². The molecular formula is C21H25N3O4S2. The van der Waals surface area contributed by atoms with Gasteiger partial charge in [0, 0.05) is 24.9 Å². The quantitative estimate of drug-likeness (QED) is 0.538. The highest BCUT2D eigenvalue weighted by atomic mass is 32.2. The van der Waals surface area contributed by atoms with E-state index in [1.54, 1.807) is 42.5 Å². The molecule has 0 saturated carbocycles. The van der Waals surface area contributed by atoms with E-state index < -0.39 is 15.9 Å². The van der Waals surface area contributed by atoms with Crippen LogP contribution >= 0.6 is 12.2 Å². The first-order chi connectivity index (χ1) is 14.2. The summed E-state index contributed by atoms with van der Waals surface area (Å²) in [6.45, 7) is 5.05. The highest BCUT2D eigenvalue weighted by molar-refractivity contribution is 7.89. The number of carbonyl (C=O) groups excluding carboxylic acids is 1. The Kier molecular flexibility index (Phi) is 7.06. The lowest BCUT2D eigenvalue weighted by Crippen LogP contribution is -2.37. The predicted octanol–water partition coefficient (Wildman–Crippen LogP) is 3.54. The number of piperidine rings is 1. The van der Waals surface area contributed by atoms with E-state index in [0.29, 0.717) is 30.5 Å². The minimum Gasteiger partial charge on any atom is -0.462 e. The second-order valence-electron chi connectivity index (χ2n) is 7.34. The predicted molar refractivity (Wildman–Crippen MR) is 120 cm³/mol. The van der Waals surface area contributed by atoms with Gasteiger partial charge in [-0.25, -0.2) is 8.42 Å².